The summed E-state index contributed by atoms with van der Waals surface area (Å²) >= 11 is 0. The van der Waals surface area contributed by atoms with Crippen LogP contribution in [-0.2, 0) is 6.61 Å². The van der Waals surface area contributed by atoms with Crippen LogP contribution in [0.2, 0.25) is 0 Å². The van der Waals surface area contributed by atoms with Crippen molar-refractivity contribution < 1.29 is 23.5 Å². The molecule has 1 heterocycles. The van der Waals surface area contributed by atoms with E-state index < -0.39 is 5.97 Å². The zero-order chi connectivity index (χ0) is 26.5. The Bertz CT molecular complexity index is 1630. The van der Waals surface area contributed by atoms with Crippen molar-refractivity contribution in [2.75, 3.05) is 0 Å². The fourth-order valence-electron chi connectivity index (χ4n) is 4.11. The van der Waals surface area contributed by atoms with Crippen molar-refractivity contribution in [1.29, 1.82) is 0 Å². The van der Waals surface area contributed by atoms with Crippen molar-refractivity contribution in [2.45, 2.75) is 20.5 Å². The molecule has 0 atom stereocenters. The number of rotatable bonds is 8. The molecule has 188 valence electrons. The van der Waals surface area contributed by atoms with E-state index in [1.165, 1.54) is 6.08 Å². The lowest BCUT2D eigenvalue weighted by Gasteiger charge is -2.07. The Balaban J connectivity index is 1.31. The summed E-state index contributed by atoms with van der Waals surface area (Å²) in [6, 6.07) is 29.7. The van der Waals surface area contributed by atoms with Crippen LogP contribution in [-0.4, -0.2) is 11.8 Å². The molecule has 5 heteroatoms. The van der Waals surface area contributed by atoms with Gasteiger partial charge in [0.25, 0.3) is 0 Å². The van der Waals surface area contributed by atoms with Gasteiger partial charge in [-0.1, -0.05) is 78.4 Å². The van der Waals surface area contributed by atoms with E-state index in [2.05, 4.69) is 0 Å². The topological polar surface area (TPSA) is 65.7 Å². The van der Waals surface area contributed by atoms with Crippen LogP contribution in [0.4, 0.5) is 0 Å². The Morgan fingerprint density at radius 3 is 2.39 bits per heavy atom. The molecule has 0 fully saturated rings. The van der Waals surface area contributed by atoms with Gasteiger partial charge in [-0.05, 0) is 61.4 Å². The molecule has 0 N–H and O–H groups in total. The van der Waals surface area contributed by atoms with Crippen LogP contribution in [0.5, 0.6) is 11.5 Å². The maximum Gasteiger partial charge on any atom is 0.347 e. The van der Waals surface area contributed by atoms with Crippen LogP contribution < -0.4 is 9.47 Å². The first-order valence-electron chi connectivity index (χ1n) is 12.3. The van der Waals surface area contributed by atoms with Gasteiger partial charge in [0.1, 0.15) is 35.0 Å². The molecule has 0 spiro atoms. The summed E-state index contributed by atoms with van der Waals surface area (Å²) in [4.78, 5) is 25.7. The Morgan fingerprint density at radius 2 is 1.61 bits per heavy atom. The monoisotopic (exact) mass is 502 g/mol. The molecule has 0 aliphatic heterocycles. The van der Waals surface area contributed by atoms with E-state index in [1.807, 2.05) is 61.5 Å². The largest absolute Gasteiger partial charge is 0.489 e. The summed E-state index contributed by atoms with van der Waals surface area (Å²) < 4.78 is 17.4. The quantitative estimate of drug-likeness (QED) is 0.0939. The van der Waals surface area contributed by atoms with Gasteiger partial charge in [0.2, 0.25) is 0 Å². The highest BCUT2D eigenvalue weighted by Gasteiger charge is 2.21. The maximum atomic E-state index is 13.2. The average molecular weight is 503 g/mol. The third-order valence-electron chi connectivity index (χ3n) is 6.12. The van der Waals surface area contributed by atoms with Gasteiger partial charge in [0.05, 0.1) is 0 Å². The smallest absolute Gasteiger partial charge is 0.347 e. The summed E-state index contributed by atoms with van der Waals surface area (Å²) in [6.45, 7) is 4.12. The van der Waals surface area contributed by atoms with Gasteiger partial charge in [-0.15, -0.1) is 0 Å². The Hall–Kier alpha value is -4.90. The van der Waals surface area contributed by atoms with Gasteiger partial charge in [-0.2, -0.15) is 0 Å². The first-order valence-corrected chi connectivity index (χ1v) is 12.3. The van der Waals surface area contributed by atoms with Crippen LogP contribution in [0.15, 0.2) is 108 Å². The van der Waals surface area contributed by atoms with Crippen molar-refractivity contribution in [2.24, 2.45) is 0 Å². The highest BCUT2D eigenvalue weighted by molar-refractivity contribution is 6.07. The SMILES string of the molecule is Cc1ccc(C(=O)/C=C/c2cccc(OC(=O)c3c(C)oc4ccc(OCc5ccccc5)cc34)c2)cc1. The molecule has 5 nitrogen and oxygen atoms in total. The second-order valence-corrected chi connectivity index (χ2v) is 8.99. The molecule has 4 aromatic carbocycles. The molecule has 0 bridgehead atoms. The third kappa shape index (κ3) is 5.73. The van der Waals surface area contributed by atoms with E-state index in [-0.39, 0.29) is 5.78 Å². The minimum Gasteiger partial charge on any atom is -0.489 e. The molecule has 1 aromatic heterocycles. The van der Waals surface area contributed by atoms with Gasteiger partial charge in [-0.3, -0.25) is 4.79 Å². The van der Waals surface area contributed by atoms with Gasteiger partial charge in [-0.25, -0.2) is 4.79 Å². The number of esters is 1. The predicted molar refractivity (Wildman–Crippen MR) is 148 cm³/mol. The molecule has 5 rings (SSSR count). The molecule has 0 radical (unpaired) electrons. The number of hydrogen-bond donors (Lipinski definition) is 0. The van der Waals surface area contributed by atoms with Crippen LogP contribution in [0.1, 0.15) is 43.2 Å². The van der Waals surface area contributed by atoms with Gasteiger partial charge in [0, 0.05) is 10.9 Å². The maximum absolute atomic E-state index is 13.2. The van der Waals surface area contributed by atoms with Gasteiger partial charge in [0.15, 0.2) is 5.78 Å². The van der Waals surface area contributed by atoms with E-state index in [9.17, 15) is 9.59 Å². The van der Waals surface area contributed by atoms with E-state index in [0.29, 0.717) is 46.0 Å². The molecule has 5 aromatic rings. The highest BCUT2D eigenvalue weighted by Crippen LogP contribution is 2.30. The number of fused-ring (bicyclic) bond motifs is 1. The van der Waals surface area contributed by atoms with Crippen molar-refractivity contribution in [3.63, 3.8) is 0 Å². The number of allylic oxidation sites excluding steroid dienone is 1. The highest BCUT2D eigenvalue weighted by atomic mass is 16.5. The summed E-state index contributed by atoms with van der Waals surface area (Å²) in [5.41, 5.74) is 4.42. The molecule has 0 unspecified atom stereocenters. The minimum atomic E-state index is -0.529. The van der Waals surface area contributed by atoms with Crippen molar-refractivity contribution >= 4 is 28.8 Å². The Labute approximate surface area is 220 Å². The molecule has 38 heavy (non-hydrogen) atoms. The fraction of sp³-hybridized carbons (Fsp3) is 0.0909. The second kappa shape index (κ2) is 11.0. The number of aryl methyl sites for hydroxylation is 2. The zero-order valence-electron chi connectivity index (χ0n) is 21.1. The number of benzene rings is 4. The summed E-state index contributed by atoms with van der Waals surface area (Å²) in [7, 11) is 0. The molecule has 0 saturated carbocycles. The number of carbonyl (C=O) groups is 2. The van der Waals surface area contributed by atoms with E-state index in [1.54, 1.807) is 55.5 Å². The number of ether oxygens (including phenoxy) is 2. The lowest BCUT2D eigenvalue weighted by atomic mass is 10.1. The lowest BCUT2D eigenvalue weighted by molar-refractivity contribution is 0.0734. The van der Waals surface area contributed by atoms with Crippen LogP contribution >= 0.6 is 0 Å². The second-order valence-electron chi connectivity index (χ2n) is 8.99. The molecular formula is C33H26O5. The van der Waals surface area contributed by atoms with Gasteiger partial charge < -0.3 is 13.9 Å². The van der Waals surface area contributed by atoms with Gasteiger partial charge >= 0.3 is 5.97 Å². The van der Waals surface area contributed by atoms with Crippen LogP contribution in [0.25, 0.3) is 17.0 Å². The van der Waals surface area contributed by atoms with E-state index in [4.69, 9.17) is 13.9 Å². The Morgan fingerprint density at radius 1 is 0.816 bits per heavy atom. The average Bonchev–Trinajstić information content (AvgIpc) is 3.26. The summed E-state index contributed by atoms with van der Waals surface area (Å²) in [5, 5.41) is 0.623. The van der Waals surface area contributed by atoms with Crippen molar-refractivity contribution in [3.8, 4) is 11.5 Å². The number of carbonyl (C=O) groups excluding carboxylic acids is 2. The zero-order valence-corrected chi connectivity index (χ0v) is 21.1. The standard InChI is InChI=1S/C33H26O5/c1-22-11-14-26(15-12-22)30(34)17-13-24-9-6-10-28(19-24)38-33(35)32-23(2)37-31-18-16-27(20-29(31)32)36-21-25-7-4-3-5-8-25/h3-20H,21H2,1-2H3/b17-13+. The minimum absolute atomic E-state index is 0.0989. The summed E-state index contributed by atoms with van der Waals surface area (Å²) in [5.74, 6) is 0.827. The molecule has 0 aliphatic carbocycles. The first kappa shape index (κ1) is 24.8. The van der Waals surface area contributed by atoms with E-state index >= 15 is 0 Å². The van der Waals surface area contributed by atoms with Crippen molar-refractivity contribution in [1.82, 2.24) is 0 Å². The molecular weight excluding hydrogens is 476 g/mol. The fourth-order valence-corrected chi connectivity index (χ4v) is 4.11. The Kier molecular flexibility index (Phi) is 7.18. The first-order chi connectivity index (χ1) is 18.5. The van der Waals surface area contributed by atoms with Crippen LogP contribution in [0.3, 0.4) is 0 Å². The third-order valence-corrected chi connectivity index (χ3v) is 6.12. The molecule has 0 saturated heterocycles. The number of ketones is 1. The normalized spacial score (nSPS) is 11.1. The predicted octanol–water partition coefficient (Wildman–Crippen LogP) is 7.74. The lowest BCUT2D eigenvalue weighted by Crippen LogP contribution is -2.09. The number of hydrogen-bond acceptors (Lipinski definition) is 5. The number of furan rings is 1. The van der Waals surface area contributed by atoms with E-state index in [0.717, 1.165) is 16.7 Å². The summed E-state index contributed by atoms with van der Waals surface area (Å²) in [6.07, 6.45) is 3.21. The molecule has 0 aliphatic rings. The van der Waals surface area contributed by atoms with Crippen LogP contribution in [0, 0.1) is 13.8 Å². The van der Waals surface area contributed by atoms with Crippen molar-refractivity contribution in [3.05, 3.63) is 137 Å². The molecule has 0 amide bonds.